The molecule has 0 amide bonds. The first-order valence-electron chi connectivity index (χ1n) is 8.19. The summed E-state index contributed by atoms with van der Waals surface area (Å²) in [5.41, 5.74) is 0.497. The molecule has 0 bridgehead atoms. The minimum atomic E-state index is -1.13. The van der Waals surface area contributed by atoms with Crippen LogP contribution in [-0.4, -0.2) is 68.6 Å². The van der Waals surface area contributed by atoms with Crippen LogP contribution in [0.1, 0.15) is 0 Å². The van der Waals surface area contributed by atoms with Gasteiger partial charge >= 0.3 is 5.97 Å². The van der Waals surface area contributed by atoms with Crippen molar-refractivity contribution in [3.05, 3.63) is 46.6 Å². The molecule has 1 radical (unpaired) electrons. The maximum Gasteiger partial charge on any atom is 0.341 e. The average Bonchev–Trinajstić information content (AvgIpc) is 2.70. The van der Waals surface area contributed by atoms with Crippen LogP contribution in [0.4, 0.5) is 0 Å². The standard InChI is InChI=1S/C20H18O8.Na/c1-24-14-5-4-11(6-16(14)25-2)15-9-13(21)20-17(26-3)7-12(8-18(20)28-15)27-10-19(22)23;/h4-9H,10H2,1-3H3,(H,22,23);. The van der Waals surface area contributed by atoms with Gasteiger partial charge in [-0.1, -0.05) is 0 Å². The summed E-state index contributed by atoms with van der Waals surface area (Å²) >= 11 is 0. The fraction of sp³-hybridized carbons (Fsp3) is 0.200. The summed E-state index contributed by atoms with van der Waals surface area (Å²) in [5, 5.41) is 9.02. The third-order valence-electron chi connectivity index (χ3n) is 4.02. The Hall–Kier alpha value is -2.68. The zero-order valence-corrected chi connectivity index (χ0v) is 18.5. The van der Waals surface area contributed by atoms with Crippen LogP contribution in [0.3, 0.4) is 0 Å². The van der Waals surface area contributed by atoms with E-state index >= 15 is 0 Å². The van der Waals surface area contributed by atoms with E-state index < -0.39 is 12.6 Å². The molecular formula is C20H18NaO8. The van der Waals surface area contributed by atoms with E-state index in [1.54, 1.807) is 18.2 Å². The van der Waals surface area contributed by atoms with Gasteiger partial charge in [-0.2, -0.15) is 0 Å². The summed E-state index contributed by atoms with van der Waals surface area (Å²) in [6.07, 6.45) is 0. The molecule has 0 fully saturated rings. The Kier molecular flexibility index (Phi) is 7.55. The maximum absolute atomic E-state index is 12.7. The SMILES string of the molecule is COc1ccc(-c2cc(=O)c3c(OC)cc(OCC(=O)O)cc3o2)cc1OC.[Na]. The zero-order valence-electron chi connectivity index (χ0n) is 16.5. The first-order chi connectivity index (χ1) is 13.5. The molecule has 0 aliphatic heterocycles. The van der Waals surface area contributed by atoms with Gasteiger partial charge in [0, 0.05) is 53.3 Å². The predicted molar refractivity (Wildman–Crippen MR) is 106 cm³/mol. The number of carboxylic acids is 1. The van der Waals surface area contributed by atoms with Gasteiger partial charge in [-0.15, -0.1) is 0 Å². The number of carboxylic acid groups (broad SMARTS) is 1. The Labute approximate surface area is 188 Å². The molecule has 0 unspecified atom stereocenters. The molecule has 8 nitrogen and oxygen atoms in total. The number of methoxy groups -OCH3 is 3. The van der Waals surface area contributed by atoms with Crippen LogP contribution >= 0.6 is 0 Å². The third-order valence-corrected chi connectivity index (χ3v) is 4.02. The summed E-state index contributed by atoms with van der Waals surface area (Å²) in [4.78, 5) is 23.4. The number of rotatable bonds is 7. The quantitative estimate of drug-likeness (QED) is 0.594. The van der Waals surface area contributed by atoms with E-state index in [9.17, 15) is 9.59 Å². The Morgan fingerprint density at radius 2 is 1.66 bits per heavy atom. The van der Waals surface area contributed by atoms with Crippen LogP contribution in [0.5, 0.6) is 23.0 Å². The van der Waals surface area contributed by atoms with Crippen molar-refractivity contribution in [2.45, 2.75) is 0 Å². The van der Waals surface area contributed by atoms with Crippen molar-refractivity contribution < 1.29 is 33.3 Å². The van der Waals surface area contributed by atoms with Crippen molar-refractivity contribution in [2.75, 3.05) is 27.9 Å². The van der Waals surface area contributed by atoms with Crippen LogP contribution in [-0.2, 0) is 4.79 Å². The molecule has 0 spiro atoms. The van der Waals surface area contributed by atoms with Gasteiger partial charge in [0.05, 0.1) is 21.3 Å². The zero-order chi connectivity index (χ0) is 20.3. The normalized spacial score (nSPS) is 10.2. The van der Waals surface area contributed by atoms with E-state index in [2.05, 4.69) is 0 Å². The molecule has 1 aromatic heterocycles. The van der Waals surface area contributed by atoms with Gasteiger partial charge in [0.15, 0.2) is 23.5 Å². The molecule has 0 saturated carbocycles. The van der Waals surface area contributed by atoms with Crippen molar-refractivity contribution in [2.24, 2.45) is 0 Å². The molecule has 0 aliphatic rings. The van der Waals surface area contributed by atoms with Gasteiger partial charge < -0.3 is 28.5 Å². The maximum atomic E-state index is 12.7. The van der Waals surface area contributed by atoms with E-state index in [1.807, 2.05) is 0 Å². The predicted octanol–water partition coefficient (Wildman–Crippen LogP) is 2.57. The minimum absolute atomic E-state index is 0. The molecule has 1 heterocycles. The second kappa shape index (κ2) is 9.69. The number of aliphatic carboxylic acids is 1. The molecule has 0 aliphatic carbocycles. The number of fused-ring (bicyclic) bond motifs is 1. The van der Waals surface area contributed by atoms with Crippen LogP contribution in [0.2, 0.25) is 0 Å². The van der Waals surface area contributed by atoms with Crippen LogP contribution < -0.4 is 24.4 Å². The van der Waals surface area contributed by atoms with E-state index in [-0.39, 0.29) is 57.5 Å². The molecular weight excluding hydrogens is 391 g/mol. The average molecular weight is 409 g/mol. The fourth-order valence-corrected chi connectivity index (χ4v) is 2.75. The Bertz CT molecular complexity index is 1090. The number of benzene rings is 2. The Morgan fingerprint density at radius 1 is 0.966 bits per heavy atom. The molecule has 29 heavy (non-hydrogen) atoms. The van der Waals surface area contributed by atoms with E-state index in [1.165, 1.54) is 39.5 Å². The Balaban J connectivity index is 0.00000300. The third kappa shape index (κ3) is 4.84. The van der Waals surface area contributed by atoms with Crippen molar-refractivity contribution in [3.63, 3.8) is 0 Å². The van der Waals surface area contributed by atoms with Crippen molar-refractivity contribution in [1.29, 1.82) is 0 Å². The summed E-state index contributed by atoms with van der Waals surface area (Å²) in [6, 6.07) is 9.36. The first-order valence-corrected chi connectivity index (χ1v) is 8.19. The number of hydrogen-bond acceptors (Lipinski definition) is 7. The van der Waals surface area contributed by atoms with E-state index in [0.29, 0.717) is 22.8 Å². The van der Waals surface area contributed by atoms with Crippen LogP contribution in [0.25, 0.3) is 22.3 Å². The molecule has 9 heteroatoms. The van der Waals surface area contributed by atoms with E-state index in [0.717, 1.165) is 0 Å². The van der Waals surface area contributed by atoms with Gasteiger partial charge in [-0.05, 0) is 18.2 Å². The second-order valence-electron chi connectivity index (χ2n) is 5.73. The van der Waals surface area contributed by atoms with E-state index in [4.69, 9.17) is 28.5 Å². The minimum Gasteiger partial charge on any atom is -0.496 e. The van der Waals surface area contributed by atoms with Gasteiger partial charge in [-0.3, -0.25) is 4.79 Å². The number of carbonyl (C=O) groups is 1. The molecule has 2 aromatic carbocycles. The largest absolute Gasteiger partial charge is 0.496 e. The molecule has 3 aromatic rings. The summed E-state index contributed by atoms with van der Waals surface area (Å²) in [5.74, 6) is 0.639. The monoisotopic (exact) mass is 409 g/mol. The summed E-state index contributed by atoms with van der Waals surface area (Å²) in [7, 11) is 4.44. The molecule has 3 rings (SSSR count). The van der Waals surface area contributed by atoms with Gasteiger partial charge in [0.25, 0.3) is 0 Å². The molecule has 1 N–H and O–H groups in total. The second-order valence-corrected chi connectivity index (χ2v) is 5.73. The van der Waals surface area contributed by atoms with Gasteiger partial charge in [0.2, 0.25) is 0 Å². The number of ether oxygens (including phenoxy) is 4. The van der Waals surface area contributed by atoms with Crippen molar-refractivity contribution in [1.82, 2.24) is 0 Å². The Morgan fingerprint density at radius 3 is 2.28 bits per heavy atom. The van der Waals surface area contributed by atoms with Crippen molar-refractivity contribution >= 4 is 46.5 Å². The summed E-state index contributed by atoms with van der Waals surface area (Å²) < 4.78 is 26.8. The molecule has 0 atom stereocenters. The molecule has 147 valence electrons. The van der Waals surface area contributed by atoms with Crippen LogP contribution in [0, 0.1) is 0 Å². The smallest absolute Gasteiger partial charge is 0.341 e. The number of hydrogen-bond donors (Lipinski definition) is 1. The first kappa shape index (κ1) is 22.6. The molecule has 0 saturated heterocycles. The van der Waals surface area contributed by atoms with Crippen LogP contribution in [0.15, 0.2) is 45.6 Å². The van der Waals surface area contributed by atoms with Crippen molar-refractivity contribution in [3.8, 4) is 34.3 Å². The summed E-state index contributed by atoms with van der Waals surface area (Å²) in [6.45, 7) is -0.533. The van der Waals surface area contributed by atoms with Gasteiger partial charge in [0.1, 0.15) is 28.2 Å². The fourth-order valence-electron chi connectivity index (χ4n) is 2.75. The van der Waals surface area contributed by atoms with Gasteiger partial charge in [-0.25, -0.2) is 4.79 Å². The topological polar surface area (TPSA) is 104 Å².